The molecular formula is C19H29N5O4S. The van der Waals surface area contributed by atoms with E-state index >= 15 is 0 Å². The molecule has 0 radical (unpaired) electrons. The highest BCUT2D eigenvalue weighted by atomic mass is 32.2. The Hall–Kier alpha value is -2.59. The summed E-state index contributed by atoms with van der Waals surface area (Å²) in [6.45, 7) is 9.52. The number of aromatic nitrogens is 2. The van der Waals surface area contributed by atoms with Crippen molar-refractivity contribution in [3.63, 3.8) is 0 Å². The van der Waals surface area contributed by atoms with E-state index in [2.05, 4.69) is 25.3 Å². The molecule has 1 heterocycles. The van der Waals surface area contributed by atoms with E-state index in [-0.39, 0.29) is 17.2 Å². The lowest BCUT2D eigenvalue weighted by molar-refractivity contribution is 0.322. The second kappa shape index (κ2) is 10.8. The van der Waals surface area contributed by atoms with Crippen LogP contribution < -0.4 is 24.8 Å². The van der Waals surface area contributed by atoms with Crippen molar-refractivity contribution in [1.29, 1.82) is 0 Å². The Bertz CT molecular complexity index is 905. The number of rotatable bonds is 12. The number of hydrogen-bond acceptors (Lipinski definition) is 8. The molecule has 160 valence electrons. The molecular weight excluding hydrogens is 394 g/mol. The number of nitrogens with zero attached hydrogens (tertiary/aromatic N) is 2. The first-order valence-electron chi connectivity index (χ1n) is 9.62. The van der Waals surface area contributed by atoms with Gasteiger partial charge >= 0.3 is 0 Å². The third-order valence-corrected chi connectivity index (χ3v) is 5.21. The summed E-state index contributed by atoms with van der Waals surface area (Å²) in [5.74, 6) is 1.92. The first-order valence-corrected chi connectivity index (χ1v) is 11.1. The van der Waals surface area contributed by atoms with Crippen LogP contribution >= 0.6 is 0 Å². The highest BCUT2D eigenvalue weighted by Gasteiger charge is 2.20. The number of hydrogen-bond donors (Lipinski definition) is 3. The van der Waals surface area contributed by atoms with E-state index in [0.29, 0.717) is 43.8 Å². The summed E-state index contributed by atoms with van der Waals surface area (Å²) in [7, 11) is -3.77. The van der Waals surface area contributed by atoms with Crippen LogP contribution in [0.1, 0.15) is 26.5 Å². The van der Waals surface area contributed by atoms with Crippen molar-refractivity contribution in [2.45, 2.75) is 32.6 Å². The summed E-state index contributed by atoms with van der Waals surface area (Å²) in [6, 6.07) is 6.57. The van der Waals surface area contributed by atoms with Gasteiger partial charge in [-0.1, -0.05) is 0 Å². The zero-order valence-corrected chi connectivity index (χ0v) is 18.1. The smallest absolute Gasteiger partial charge is 0.244 e. The number of aryl methyl sites for hydroxylation is 1. The van der Waals surface area contributed by atoms with Crippen molar-refractivity contribution in [3.05, 3.63) is 30.0 Å². The van der Waals surface area contributed by atoms with Crippen molar-refractivity contribution in [2.24, 2.45) is 0 Å². The number of sulfonamides is 1. The molecule has 0 aliphatic rings. The normalized spacial score (nSPS) is 11.2. The van der Waals surface area contributed by atoms with Gasteiger partial charge in [0.1, 0.15) is 22.2 Å². The predicted octanol–water partition coefficient (Wildman–Crippen LogP) is 2.40. The highest BCUT2D eigenvalue weighted by Crippen LogP contribution is 2.28. The average Bonchev–Trinajstić information content (AvgIpc) is 2.67. The molecule has 3 N–H and O–H groups in total. The van der Waals surface area contributed by atoms with Gasteiger partial charge in [-0.3, -0.25) is 0 Å². The largest absolute Gasteiger partial charge is 0.494 e. The van der Waals surface area contributed by atoms with Crippen LogP contribution in [-0.4, -0.2) is 51.2 Å². The summed E-state index contributed by atoms with van der Waals surface area (Å²) < 4.78 is 39.0. The van der Waals surface area contributed by atoms with Gasteiger partial charge in [0.25, 0.3) is 0 Å². The highest BCUT2D eigenvalue weighted by molar-refractivity contribution is 7.89. The molecule has 0 aliphatic heterocycles. The Labute approximate surface area is 172 Å². The van der Waals surface area contributed by atoms with E-state index in [4.69, 9.17) is 9.47 Å². The molecule has 0 bridgehead atoms. The molecule has 0 amide bonds. The molecule has 1 aromatic heterocycles. The zero-order valence-electron chi connectivity index (χ0n) is 17.3. The van der Waals surface area contributed by atoms with E-state index in [9.17, 15) is 8.42 Å². The number of ether oxygens (including phenoxy) is 2. The van der Waals surface area contributed by atoms with Gasteiger partial charge in [-0.25, -0.2) is 18.1 Å². The van der Waals surface area contributed by atoms with Gasteiger partial charge in [-0.15, -0.1) is 0 Å². The van der Waals surface area contributed by atoms with Crippen molar-refractivity contribution in [2.75, 3.05) is 43.5 Å². The predicted molar refractivity (Wildman–Crippen MR) is 113 cm³/mol. The van der Waals surface area contributed by atoms with Crippen molar-refractivity contribution < 1.29 is 17.9 Å². The molecule has 2 rings (SSSR count). The summed E-state index contributed by atoms with van der Waals surface area (Å²) in [6.07, 6.45) is 0. The number of benzene rings is 1. The van der Waals surface area contributed by atoms with Crippen LogP contribution in [0.15, 0.2) is 29.2 Å². The molecule has 29 heavy (non-hydrogen) atoms. The van der Waals surface area contributed by atoms with E-state index < -0.39 is 10.0 Å². The van der Waals surface area contributed by atoms with Crippen LogP contribution in [0.3, 0.4) is 0 Å². The van der Waals surface area contributed by atoms with Gasteiger partial charge in [0, 0.05) is 37.5 Å². The maximum Gasteiger partial charge on any atom is 0.244 e. The molecule has 10 heteroatoms. The average molecular weight is 424 g/mol. The lowest BCUT2D eigenvalue weighted by atomic mass is 10.3. The van der Waals surface area contributed by atoms with Gasteiger partial charge in [0.15, 0.2) is 0 Å². The topological polar surface area (TPSA) is 114 Å². The Kier molecular flexibility index (Phi) is 8.47. The van der Waals surface area contributed by atoms with Crippen LogP contribution in [0.2, 0.25) is 0 Å². The summed E-state index contributed by atoms with van der Waals surface area (Å²) in [5, 5.41) is 6.16. The zero-order chi connectivity index (χ0) is 21.3. The van der Waals surface area contributed by atoms with Crippen molar-refractivity contribution >= 4 is 21.8 Å². The van der Waals surface area contributed by atoms with Crippen molar-refractivity contribution in [3.8, 4) is 11.5 Å². The van der Waals surface area contributed by atoms with E-state index in [1.54, 1.807) is 25.1 Å². The van der Waals surface area contributed by atoms with Gasteiger partial charge in [0.2, 0.25) is 16.0 Å². The second-order valence-electron chi connectivity index (χ2n) is 6.05. The van der Waals surface area contributed by atoms with E-state index in [1.165, 1.54) is 6.07 Å². The fourth-order valence-electron chi connectivity index (χ4n) is 2.58. The standard InChI is InChI=1S/C19H29N5O4S/c1-5-20-19-23-14(4)12-18(24-19)21-10-11-22-29(25,26)17-13-15(27-6-2)8-9-16(17)28-7-3/h8-9,12-13,22H,5-7,10-11H2,1-4H3,(H2,20,21,23,24). The minimum Gasteiger partial charge on any atom is -0.494 e. The third kappa shape index (κ3) is 6.75. The first kappa shape index (κ1) is 22.7. The number of anilines is 2. The lowest BCUT2D eigenvalue weighted by Crippen LogP contribution is -2.29. The molecule has 0 fully saturated rings. The fraction of sp³-hybridized carbons (Fsp3) is 0.474. The van der Waals surface area contributed by atoms with Crippen LogP contribution in [0.4, 0.5) is 11.8 Å². The van der Waals surface area contributed by atoms with Gasteiger partial charge in [-0.05, 0) is 39.8 Å². The Morgan fingerprint density at radius 2 is 1.72 bits per heavy atom. The molecule has 0 saturated carbocycles. The van der Waals surface area contributed by atoms with Crippen LogP contribution in [-0.2, 0) is 10.0 Å². The fourth-order valence-corrected chi connectivity index (χ4v) is 3.77. The monoisotopic (exact) mass is 423 g/mol. The van der Waals surface area contributed by atoms with Crippen LogP contribution in [0, 0.1) is 6.92 Å². The van der Waals surface area contributed by atoms with Gasteiger partial charge in [0.05, 0.1) is 13.2 Å². The first-order chi connectivity index (χ1) is 13.9. The molecule has 9 nitrogen and oxygen atoms in total. The maximum atomic E-state index is 12.8. The van der Waals surface area contributed by atoms with Gasteiger partial charge < -0.3 is 20.1 Å². The molecule has 1 aromatic carbocycles. The second-order valence-corrected chi connectivity index (χ2v) is 7.78. The van der Waals surface area contributed by atoms with Crippen LogP contribution in [0.5, 0.6) is 11.5 Å². The van der Waals surface area contributed by atoms with E-state index in [1.807, 2.05) is 20.8 Å². The number of nitrogens with one attached hydrogen (secondary N) is 3. The lowest BCUT2D eigenvalue weighted by Gasteiger charge is -2.14. The molecule has 0 aliphatic carbocycles. The molecule has 0 saturated heterocycles. The molecule has 0 unspecified atom stereocenters. The van der Waals surface area contributed by atoms with Gasteiger partial charge in [-0.2, -0.15) is 4.98 Å². The van der Waals surface area contributed by atoms with Crippen LogP contribution in [0.25, 0.3) is 0 Å². The molecule has 0 spiro atoms. The Balaban J connectivity index is 2.04. The maximum absolute atomic E-state index is 12.8. The third-order valence-electron chi connectivity index (χ3n) is 3.73. The minimum atomic E-state index is -3.77. The molecule has 2 aromatic rings. The summed E-state index contributed by atoms with van der Waals surface area (Å²) in [5.41, 5.74) is 0.813. The van der Waals surface area contributed by atoms with Crippen molar-refractivity contribution in [1.82, 2.24) is 14.7 Å². The van der Waals surface area contributed by atoms with E-state index in [0.717, 1.165) is 5.69 Å². The summed E-state index contributed by atoms with van der Waals surface area (Å²) >= 11 is 0. The quantitative estimate of drug-likeness (QED) is 0.446. The molecule has 0 atom stereocenters. The summed E-state index contributed by atoms with van der Waals surface area (Å²) in [4.78, 5) is 8.67. The Morgan fingerprint density at radius 1 is 0.966 bits per heavy atom. The SMILES string of the molecule is CCNc1nc(C)cc(NCCNS(=O)(=O)c2cc(OCC)ccc2OCC)n1. The Morgan fingerprint density at radius 3 is 2.41 bits per heavy atom. The minimum absolute atomic E-state index is 0.0533.